The molecule has 0 N–H and O–H groups in total. The van der Waals surface area contributed by atoms with Crippen molar-refractivity contribution in [1.82, 2.24) is 9.80 Å². The number of carbonyl (C=O) groups excluding carboxylic acids is 1. The minimum Gasteiger partial charge on any atom is -0.347 e. The molecule has 82 valence electrons. The molecular formula is C11H22N2O. The van der Waals surface area contributed by atoms with Crippen LogP contribution in [-0.2, 0) is 4.79 Å². The molecule has 1 heterocycles. The summed E-state index contributed by atoms with van der Waals surface area (Å²) in [5.74, 6) is 0.214. The number of carbonyl (C=O) groups is 1. The molecule has 1 rings (SSSR count). The van der Waals surface area contributed by atoms with Gasteiger partial charge in [-0.3, -0.25) is 9.69 Å². The largest absolute Gasteiger partial charge is 0.347 e. The highest BCUT2D eigenvalue weighted by molar-refractivity contribution is 5.81. The number of hydrogen-bond acceptors (Lipinski definition) is 2. The highest BCUT2D eigenvalue weighted by Crippen LogP contribution is 2.26. The number of likely N-dealkylation sites (tertiary alicyclic amines) is 1. The maximum atomic E-state index is 11.8. The van der Waals surface area contributed by atoms with Gasteiger partial charge in [0.05, 0.1) is 6.04 Å². The summed E-state index contributed by atoms with van der Waals surface area (Å²) in [6.07, 6.45) is 2.43. The first-order valence-corrected chi connectivity index (χ1v) is 5.43. The molecular weight excluding hydrogens is 176 g/mol. The number of hydrogen-bond donors (Lipinski definition) is 0. The van der Waals surface area contributed by atoms with Crippen molar-refractivity contribution in [2.45, 2.75) is 51.7 Å². The molecule has 3 unspecified atom stereocenters. The van der Waals surface area contributed by atoms with Crippen LogP contribution in [0.2, 0.25) is 0 Å². The monoisotopic (exact) mass is 198 g/mol. The Morgan fingerprint density at radius 2 is 1.71 bits per heavy atom. The normalized spacial score (nSPS) is 30.4. The van der Waals surface area contributed by atoms with Crippen LogP contribution < -0.4 is 0 Å². The van der Waals surface area contributed by atoms with Gasteiger partial charge in [-0.25, -0.2) is 0 Å². The van der Waals surface area contributed by atoms with E-state index in [1.807, 2.05) is 21.0 Å². The molecule has 0 aromatic rings. The summed E-state index contributed by atoms with van der Waals surface area (Å²) in [5, 5.41) is 0. The van der Waals surface area contributed by atoms with E-state index in [0.717, 1.165) is 0 Å². The first kappa shape index (κ1) is 11.5. The molecule has 0 aromatic carbocycles. The van der Waals surface area contributed by atoms with E-state index in [1.165, 1.54) is 12.8 Å². The maximum absolute atomic E-state index is 11.8. The van der Waals surface area contributed by atoms with Gasteiger partial charge in [-0.1, -0.05) is 0 Å². The van der Waals surface area contributed by atoms with E-state index in [-0.39, 0.29) is 11.9 Å². The van der Waals surface area contributed by atoms with Crippen LogP contribution in [0.4, 0.5) is 0 Å². The number of nitrogens with zero attached hydrogens (tertiary/aromatic N) is 2. The Kier molecular flexibility index (Phi) is 3.53. The average molecular weight is 198 g/mol. The Hall–Kier alpha value is -0.570. The fraction of sp³-hybridized carbons (Fsp3) is 0.909. The predicted octanol–water partition coefficient (Wildman–Crippen LogP) is 1.34. The van der Waals surface area contributed by atoms with Crippen LogP contribution in [0.5, 0.6) is 0 Å². The van der Waals surface area contributed by atoms with Gasteiger partial charge >= 0.3 is 0 Å². The molecule has 3 heteroatoms. The zero-order valence-corrected chi connectivity index (χ0v) is 9.95. The van der Waals surface area contributed by atoms with Crippen LogP contribution in [0.1, 0.15) is 33.6 Å². The van der Waals surface area contributed by atoms with Gasteiger partial charge in [0.2, 0.25) is 5.91 Å². The third-order valence-corrected chi connectivity index (χ3v) is 3.27. The van der Waals surface area contributed by atoms with Gasteiger partial charge < -0.3 is 4.90 Å². The molecule has 14 heavy (non-hydrogen) atoms. The van der Waals surface area contributed by atoms with Crippen molar-refractivity contribution >= 4 is 5.91 Å². The second-order valence-corrected chi connectivity index (χ2v) is 4.63. The van der Waals surface area contributed by atoms with Crippen LogP contribution in [0, 0.1) is 0 Å². The zero-order chi connectivity index (χ0) is 10.9. The summed E-state index contributed by atoms with van der Waals surface area (Å²) in [6.45, 7) is 6.44. The Balaban J connectivity index is 2.67. The molecule has 0 radical (unpaired) electrons. The molecule has 0 bridgehead atoms. The summed E-state index contributed by atoms with van der Waals surface area (Å²) in [6, 6.07) is 1.12. The Morgan fingerprint density at radius 1 is 1.29 bits per heavy atom. The van der Waals surface area contributed by atoms with Gasteiger partial charge in [-0.2, -0.15) is 0 Å². The van der Waals surface area contributed by atoms with Gasteiger partial charge in [0.1, 0.15) is 0 Å². The minimum atomic E-state index is 0.0255. The Labute approximate surface area is 87.1 Å². The van der Waals surface area contributed by atoms with Crippen molar-refractivity contribution in [3.8, 4) is 0 Å². The molecule has 1 fully saturated rings. The number of likely N-dealkylation sites (N-methyl/N-ethyl adjacent to an activating group) is 1. The van der Waals surface area contributed by atoms with E-state index in [1.54, 1.807) is 4.90 Å². The summed E-state index contributed by atoms with van der Waals surface area (Å²) in [5.41, 5.74) is 0. The van der Waals surface area contributed by atoms with Crippen molar-refractivity contribution in [1.29, 1.82) is 0 Å². The Morgan fingerprint density at radius 3 is 2.07 bits per heavy atom. The lowest BCUT2D eigenvalue weighted by atomic mass is 10.2. The smallest absolute Gasteiger partial charge is 0.239 e. The van der Waals surface area contributed by atoms with E-state index in [2.05, 4.69) is 18.7 Å². The quantitative estimate of drug-likeness (QED) is 0.668. The number of amides is 1. The second-order valence-electron chi connectivity index (χ2n) is 4.63. The topological polar surface area (TPSA) is 23.6 Å². The van der Waals surface area contributed by atoms with Gasteiger partial charge in [-0.15, -0.1) is 0 Å². The lowest BCUT2D eigenvalue weighted by molar-refractivity contribution is -0.134. The van der Waals surface area contributed by atoms with Crippen molar-refractivity contribution in [2.75, 3.05) is 14.1 Å². The molecule has 0 spiro atoms. The summed E-state index contributed by atoms with van der Waals surface area (Å²) < 4.78 is 0. The van der Waals surface area contributed by atoms with Crippen LogP contribution in [0.25, 0.3) is 0 Å². The van der Waals surface area contributed by atoms with Gasteiger partial charge in [-0.05, 0) is 33.6 Å². The van der Waals surface area contributed by atoms with E-state index < -0.39 is 0 Å². The second kappa shape index (κ2) is 4.30. The zero-order valence-electron chi connectivity index (χ0n) is 9.95. The average Bonchev–Trinajstić information content (AvgIpc) is 2.44. The lowest BCUT2D eigenvalue weighted by Crippen LogP contribution is -2.48. The minimum absolute atomic E-state index is 0.0255. The third kappa shape index (κ3) is 2.08. The van der Waals surface area contributed by atoms with Crippen molar-refractivity contribution in [3.05, 3.63) is 0 Å². The van der Waals surface area contributed by atoms with Crippen LogP contribution in [0.3, 0.4) is 0 Å². The first-order chi connectivity index (χ1) is 6.45. The Bertz CT molecular complexity index is 205. The summed E-state index contributed by atoms with van der Waals surface area (Å²) in [4.78, 5) is 15.8. The standard InChI is InChI=1S/C11H22N2O/c1-8-6-7-9(2)13(8)10(3)11(14)12(4)5/h8-10H,6-7H2,1-5H3. The van der Waals surface area contributed by atoms with E-state index in [0.29, 0.717) is 12.1 Å². The van der Waals surface area contributed by atoms with Gasteiger partial charge in [0.15, 0.2) is 0 Å². The molecule has 1 aliphatic heterocycles. The van der Waals surface area contributed by atoms with E-state index in [4.69, 9.17) is 0 Å². The number of rotatable bonds is 2. The molecule has 0 aliphatic carbocycles. The third-order valence-electron chi connectivity index (χ3n) is 3.27. The molecule has 0 saturated carbocycles. The maximum Gasteiger partial charge on any atom is 0.239 e. The molecule has 3 nitrogen and oxygen atoms in total. The van der Waals surface area contributed by atoms with Crippen LogP contribution in [0.15, 0.2) is 0 Å². The van der Waals surface area contributed by atoms with E-state index >= 15 is 0 Å². The van der Waals surface area contributed by atoms with Gasteiger partial charge in [0.25, 0.3) is 0 Å². The molecule has 1 amide bonds. The van der Waals surface area contributed by atoms with E-state index in [9.17, 15) is 4.79 Å². The molecule has 1 aliphatic rings. The fourth-order valence-electron chi connectivity index (χ4n) is 2.48. The summed E-state index contributed by atoms with van der Waals surface area (Å²) in [7, 11) is 3.65. The fourth-order valence-corrected chi connectivity index (χ4v) is 2.48. The highest BCUT2D eigenvalue weighted by Gasteiger charge is 2.34. The molecule has 1 saturated heterocycles. The SMILES string of the molecule is CC1CCC(C)N1C(C)C(=O)N(C)C. The predicted molar refractivity (Wildman–Crippen MR) is 58.2 cm³/mol. The van der Waals surface area contributed by atoms with Gasteiger partial charge in [0, 0.05) is 26.2 Å². The lowest BCUT2D eigenvalue weighted by Gasteiger charge is -2.33. The van der Waals surface area contributed by atoms with Crippen molar-refractivity contribution < 1.29 is 4.79 Å². The molecule has 3 atom stereocenters. The molecule has 0 aromatic heterocycles. The van der Waals surface area contributed by atoms with Crippen LogP contribution >= 0.6 is 0 Å². The van der Waals surface area contributed by atoms with Crippen molar-refractivity contribution in [3.63, 3.8) is 0 Å². The summed E-state index contributed by atoms with van der Waals surface area (Å²) >= 11 is 0. The van der Waals surface area contributed by atoms with Crippen LogP contribution in [-0.4, -0.2) is 47.9 Å². The van der Waals surface area contributed by atoms with Crippen molar-refractivity contribution in [2.24, 2.45) is 0 Å². The highest BCUT2D eigenvalue weighted by atomic mass is 16.2. The first-order valence-electron chi connectivity index (χ1n) is 5.43.